The highest BCUT2D eigenvalue weighted by Gasteiger charge is 2.28. The van der Waals surface area contributed by atoms with E-state index >= 15 is 0 Å². The number of para-hydroxylation sites is 1. The molecule has 26 heavy (non-hydrogen) atoms. The summed E-state index contributed by atoms with van der Waals surface area (Å²) in [6.45, 7) is 0. The molecule has 0 radical (unpaired) electrons. The van der Waals surface area contributed by atoms with Crippen molar-refractivity contribution in [3.8, 4) is 0 Å². The van der Waals surface area contributed by atoms with E-state index in [1.54, 1.807) is 0 Å². The van der Waals surface area contributed by atoms with Crippen LogP contribution in [0.4, 0.5) is 0 Å². The van der Waals surface area contributed by atoms with E-state index in [1.165, 1.54) is 10.9 Å². The molecule has 1 aliphatic carbocycles. The number of hydrogen-bond acceptors (Lipinski definition) is 4. The summed E-state index contributed by atoms with van der Waals surface area (Å²) in [5, 5.41) is 23.3. The fraction of sp³-hybridized carbons (Fsp3) is 0.389. The van der Waals surface area contributed by atoms with Gasteiger partial charge in [-0.1, -0.05) is 18.2 Å². The number of carboxylic acids is 2. The number of aromatic amines is 1. The molecule has 2 unspecified atom stereocenters. The van der Waals surface area contributed by atoms with Crippen LogP contribution in [0.25, 0.3) is 10.9 Å². The fourth-order valence-corrected chi connectivity index (χ4v) is 3.14. The average molecular weight is 361 g/mol. The van der Waals surface area contributed by atoms with Gasteiger partial charge in [0.15, 0.2) is 0 Å². The molecule has 5 N–H and O–H groups in total. The van der Waals surface area contributed by atoms with Crippen LogP contribution in [0.3, 0.4) is 0 Å². The van der Waals surface area contributed by atoms with Crippen molar-refractivity contribution in [2.24, 2.45) is 0 Å². The Labute approximate surface area is 150 Å². The quantitative estimate of drug-likeness (QED) is 0.495. The number of carboxylic acid groups (broad SMARTS) is 2. The fourth-order valence-electron chi connectivity index (χ4n) is 3.14. The van der Waals surface area contributed by atoms with E-state index in [2.05, 4.69) is 33.8 Å². The largest absolute Gasteiger partial charge is 0.481 e. The first kappa shape index (κ1) is 19.5. The maximum absolute atomic E-state index is 10.7. The number of amides is 1. The van der Waals surface area contributed by atoms with Crippen molar-refractivity contribution < 1.29 is 24.6 Å². The zero-order valence-electron chi connectivity index (χ0n) is 14.5. The lowest BCUT2D eigenvalue weighted by molar-refractivity contribution is -0.143. The van der Waals surface area contributed by atoms with Crippen LogP contribution < -0.4 is 10.6 Å². The molecule has 0 saturated carbocycles. The van der Waals surface area contributed by atoms with E-state index in [0.717, 1.165) is 30.5 Å². The van der Waals surface area contributed by atoms with Crippen LogP contribution in [0.1, 0.15) is 36.6 Å². The summed E-state index contributed by atoms with van der Waals surface area (Å²) in [5.41, 5.74) is 3.64. The van der Waals surface area contributed by atoms with Crippen LogP contribution in [-0.4, -0.2) is 46.6 Å². The number of H-pyrrole nitrogens is 1. The predicted octanol–water partition coefficient (Wildman–Crippen LogP) is 1.42. The van der Waals surface area contributed by atoms with Gasteiger partial charge in [0.25, 0.3) is 0 Å². The van der Waals surface area contributed by atoms with Crippen molar-refractivity contribution >= 4 is 29.3 Å². The smallest absolute Gasteiger partial charge is 0.303 e. The van der Waals surface area contributed by atoms with Crippen LogP contribution in [0.5, 0.6) is 0 Å². The molecule has 0 aliphatic heterocycles. The minimum atomic E-state index is -1.08. The number of benzene rings is 1. The molecule has 1 aliphatic rings. The van der Waals surface area contributed by atoms with Gasteiger partial charge in [-0.05, 0) is 31.5 Å². The number of carbonyl (C=O) groups is 3. The van der Waals surface area contributed by atoms with Crippen LogP contribution in [0.2, 0.25) is 0 Å². The van der Waals surface area contributed by atoms with Crippen LogP contribution in [0, 0.1) is 0 Å². The molecule has 3 rings (SSSR count). The molecule has 2 atom stereocenters. The maximum Gasteiger partial charge on any atom is 0.303 e. The molecule has 0 bridgehead atoms. The molecule has 8 nitrogen and oxygen atoms in total. The van der Waals surface area contributed by atoms with Crippen LogP contribution >= 0.6 is 0 Å². The van der Waals surface area contributed by atoms with Gasteiger partial charge < -0.3 is 25.8 Å². The van der Waals surface area contributed by atoms with Gasteiger partial charge in [-0.2, -0.15) is 0 Å². The summed E-state index contributed by atoms with van der Waals surface area (Å²) in [6.07, 6.45) is 2.13. The van der Waals surface area contributed by atoms with Crippen LogP contribution in [0.15, 0.2) is 24.3 Å². The lowest BCUT2D eigenvalue weighted by Crippen LogP contribution is -2.37. The monoisotopic (exact) mass is 361 g/mol. The van der Waals surface area contributed by atoms with E-state index in [4.69, 9.17) is 10.2 Å². The number of rotatable bonds is 6. The number of carbonyl (C=O) groups excluding carboxylic acids is 1. The van der Waals surface area contributed by atoms with Crippen LogP contribution in [-0.2, 0) is 20.8 Å². The van der Waals surface area contributed by atoms with Crippen molar-refractivity contribution in [2.45, 2.75) is 37.8 Å². The molecule has 1 aromatic heterocycles. The summed E-state index contributed by atoms with van der Waals surface area (Å²) in [7, 11) is 1.97. The predicted molar refractivity (Wildman–Crippen MR) is 95.9 cm³/mol. The minimum Gasteiger partial charge on any atom is -0.481 e. The minimum absolute atomic E-state index is 0.0797. The summed E-state index contributed by atoms with van der Waals surface area (Å²) >= 11 is 0. The molecular formula is C18H23N3O5. The van der Waals surface area contributed by atoms with Gasteiger partial charge >= 0.3 is 11.9 Å². The lowest BCUT2D eigenvalue weighted by atomic mass is 9.88. The summed E-state index contributed by atoms with van der Waals surface area (Å²) in [5.74, 6) is -2.15. The molecule has 1 heterocycles. The number of likely N-dealkylation sites (N-methyl/N-ethyl adjacent to an activating group) is 1. The second-order valence-electron chi connectivity index (χ2n) is 6.11. The van der Waals surface area contributed by atoms with Gasteiger partial charge in [0.05, 0.1) is 18.9 Å². The first-order valence-corrected chi connectivity index (χ1v) is 8.36. The second-order valence-corrected chi connectivity index (χ2v) is 6.11. The first-order valence-electron chi connectivity index (χ1n) is 8.36. The maximum atomic E-state index is 10.7. The lowest BCUT2D eigenvalue weighted by Gasteiger charge is -2.29. The van der Waals surface area contributed by atoms with Gasteiger partial charge in [-0.3, -0.25) is 14.4 Å². The highest BCUT2D eigenvalue weighted by Crippen LogP contribution is 2.34. The number of aliphatic carboxylic acids is 2. The van der Waals surface area contributed by atoms with Crippen molar-refractivity contribution in [1.82, 2.24) is 15.6 Å². The van der Waals surface area contributed by atoms with Gasteiger partial charge in [-0.15, -0.1) is 0 Å². The Bertz CT molecular complexity index is 772. The molecule has 0 fully saturated rings. The number of nitrogens with one attached hydrogen (secondary N) is 3. The topological polar surface area (TPSA) is 132 Å². The number of aromatic nitrogens is 1. The third kappa shape index (κ3) is 4.82. The Morgan fingerprint density at radius 2 is 1.88 bits per heavy atom. The molecule has 1 amide bonds. The molecule has 8 heteroatoms. The molecule has 1 aromatic carbocycles. The van der Waals surface area contributed by atoms with E-state index in [9.17, 15) is 14.4 Å². The Balaban J connectivity index is 0.000000260. The van der Waals surface area contributed by atoms with Crippen molar-refractivity contribution in [1.29, 1.82) is 0 Å². The van der Waals surface area contributed by atoms with Crippen molar-refractivity contribution in [3.63, 3.8) is 0 Å². The first-order chi connectivity index (χ1) is 12.5. The molecule has 0 spiro atoms. The summed E-state index contributed by atoms with van der Waals surface area (Å²) < 4.78 is 0. The van der Waals surface area contributed by atoms with Gasteiger partial charge in [0, 0.05) is 22.6 Å². The SMILES string of the molecule is CNC1Cc2c([nH]c3ccccc23)C(NC=O)C1.O=C(O)CCC(=O)O. The zero-order valence-corrected chi connectivity index (χ0v) is 14.5. The Morgan fingerprint density at radius 3 is 2.46 bits per heavy atom. The van der Waals surface area contributed by atoms with E-state index in [-0.39, 0.29) is 18.9 Å². The molecular weight excluding hydrogens is 338 g/mol. The summed E-state index contributed by atoms with van der Waals surface area (Å²) in [4.78, 5) is 33.5. The highest BCUT2D eigenvalue weighted by molar-refractivity contribution is 5.85. The average Bonchev–Trinajstić information content (AvgIpc) is 3.00. The molecule has 0 saturated heterocycles. The van der Waals surface area contributed by atoms with E-state index in [0.29, 0.717) is 6.04 Å². The zero-order chi connectivity index (χ0) is 19.1. The third-order valence-corrected chi connectivity index (χ3v) is 4.40. The standard InChI is InChI=1S/C14H17N3O.C4H6O4/c1-15-9-6-11-10-4-2-3-5-12(10)17-14(11)13(7-9)16-8-18;5-3(6)1-2-4(7)8/h2-5,8-9,13,15,17H,6-7H2,1H3,(H,16,18);1-2H2,(H,5,6)(H,7,8). The Hall–Kier alpha value is -2.87. The molecule has 140 valence electrons. The third-order valence-electron chi connectivity index (χ3n) is 4.40. The number of hydrogen-bond donors (Lipinski definition) is 5. The van der Waals surface area contributed by atoms with Gasteiger partial charge in [0.2, 0.25) is 6.41 Å². The highest BCUT2D eigenvalue weighted by atomic mass is 16.4. The normalized spacial score (nSPS) is 18.3. The van der Waals surface area contributed by atoms with Gasteiger partial charge in [-0.25, -0.2) is 0 Å². The van der Waals surface area contributed by atoms with E-state index < -0.39 is 11.9 Å². The number of fused-ring (bicyclic) bond motifs is 3. The Kier molecular flexibility index (Phi) is 6.74. The second kappa shape index (κ2) is 9.00. The summed E-state index contributed by atoms with van der Waals surface area (Å²) in [6, 6.07) is 8.80. The van der Waals surface area contributed by atoms with E-state index in [1.807, 2.05) is 13.1 Å². The molecule has 2 aromatic rings. The van der Waals surface area contributed by atoms with Crippen molar-refractivity contribution in [2.75, 3.05) is 7.05 Å². The van der Waals surface area contributed by atoms with Crippen molar-refractivity contribution in [3.05, 3.63) is 35.5 Å². The Morgan fingerprint density at radius 1 is 1.23 bits per heavy atom. The van der Waals surface area contributed by atoms with Gasteiger partial charge in [0.1, 0.15) is 0 Å².